The molecule has 286 valence electrons. The van der Waals surface area contributed by atoms with Gasteiger partial charge in [0.05, 0.1) is 16.6 Å². The van der Waals surface area contributed by atoms with Gasteiger partial charge in [0.1, 0.15) is 11.9 Å². The van der Waals surface area contributed by atoms with Gasteiger partial charge in [-0.1, -0.05) is 12.1 Å². The Kier molecular flexibility index (Phi) is 10.1. The maximum absolute atomic E-state index is 15.5. The zero-order valence-corrected chi connectivity index (χ0v) is 30.0. The minimum absolute atomic E-state index is 0.113. The van der Waals surface area contributed by atoms with Gasteiger partial charge in [0, 0.05) is 86.3 Å². The third-order valence-electron chi connectivity index (χ3n) is 11.2. The Hall–Kier alpha value is -5.57. The minimum atomic E-state index is -2.74. The molecule has 3 amide bonds. The van der Waals surface area contributed by atoms with Crippen LogP contribution in [-0.4, -0.2) is 89.0 Å². The number of piperazine rings is 1. The lowest BCUT2D eigenvalue weighted by Crippen LogP contribution is -2.52. The Bertz CT molecular complexity index is 2270. The second-order valence-corrected chi connectivity index (χ2v) is 14.5. The van der Waals surface area contributed by atoms with E-state index >= 15 is 8.78 Å². The zero-order valence-electron chi connectivity index (χ0n) is 30.0. The number of nitrogens with one attached hydrogen (secondary N) is 2. The lowest BCUT2D eigenvalue weighted by atomic mass is 9.93. The monoisotopic (exact) mass is 756 g/mol. The molecule has 5 aromatic rings. The summed E-state index contributed by atoms with van der Waals surface area (Å²) in [6.45, 7) is 2.60. The standard InChI is InChI=1S/C40H40F4N8O3/c41-31-21-27(2-4-29(31)38(54)47-33-5-6-36(53)48-39(33)55)50-17-15-49(16-18-50)12-8-24-9-13-51(14-10-24)37-32(42)19-26(22-46-37)25-1-3-28-30-23-45-11-7-34(30)52(40(43)44)35(28)20-25/h1-4,7,11,19-24,33,40H,5-6,8-10,12-18H2,(H,47,54)(H,48,53,55). The number of nitrogens with zero attached hydrogens (tertiary/aromatic N) is 6. The number of halogens is 4. The van der Waals surface area contributed by atoms with E-state index in [4.69, 9.17) is 0 Å². The molecule has 0 aliphatic carbocycles. The Morgan fingerprint density at radius 2 is 1.64 bits per heavy atom. The van der Waals surface area contributed by atoms with E-state index < -0.39 is 41.9 Å². The number of benzene rings is 2. The van der Waals surface area contributed by atoms with Crippen LogP contribution in [0.25, 0.3) is 32.9 Å². The molecule has 2 aromatic carbocycles. The van der Waals surface area contributed by atoms with E-state index in [0.29, 0.717) is 76.5 Å². The summed E-state index contributed by atoms with van der Waals surface area (Å²) in [7, 11) is 0. The van der Waals surface area contributed by atoms with Crippen LogP contribution in [0.15, 0.2) is 67.1 Å². The van der Waals surface area contributed by atoms with Crippen molar-refractivity contribution < 1.29 is 31.9 Å². The highest BCUT2D eigenvalue weighted by Crippen LogP contribution is 2.36. The summed E-state index contributed by atoms with van der Waals surface area (Å²) < 4.78 is 59.7. The molecule has 2 N–H and O–H groups in total. The smallest absolute Gasteiger partial charge is 0.319 e. The predicted octanol–water partition coefficient (Wildman–Crippen LogP) is 5.89. The number of aromatic nitrogens is 3. The van der Waals surface area contributed by atoms with Crippen LogP contribution >= 0.6 is 0 Å². The average molecular weight is 757 g/mol. The van der Waals surface area contributed by atoms with E-state index in [2.05, 4.69) is 30.4 Å². The van der Waals surface area contributed by atoms with Crippen LogP contribution in [0.2, 0.25) is 0 Å². The Labute approximate surface area is 314 Å². The number of hydrogen-bond acceptors (Lipinski definition) is 8. The molecular weight excluding hydrogens is 716 g/mol. The number of piperidine rings is 2. The predicted molar refractivity (Wildman–Crippen MR) is 200 cm³/mol. The number of imide groups is 1. The summed E-state index contributed by atoms with van der Waals surface area (Å²) in [5.41, 5.74) is 2.38. The number of anilines is 2. The highest BCUT2D eigenvalue weighted by molar-refractivity contribution is 6.08. The first-order chi connectivity index (χ1) is 26.6. The third kappa shape index (κ3) is 7.44. The molecule has 3 fully saturated rings. The van der Waals surface area contributed by atoms with Crippen molar-refractivity contribution in [1.82, 2.24) is 30.1 Å². The summed E-state index contributed by atoms with van der Waals surface area (Å²) in [5, 5.41) is 5.98. The van der Waals surface area contributed by atoms with Crippen molar-refractivity contribution >= 4 is 51.0 Å². The van der Waals surface area contributed by atoms with Gasteiger partial charge in [0.15, 0.2) is 11.6 Å². The van der Waals surface area contributed by atoms with Gasteiger partial charge in [-0.05, 0) is 80.1 Å². The van der Waals surface area contributed by atoms with Gasteiger partial charge >= 0.3 is 6.55 Å². The molecule has 3 aliphatic heterocycles. The molecule has 3 saturated heterocycles. The van der Waals surface area contributed by atoms with Crippen LogP contribution in [0.5, 0.6) is 0 Å². The molecule has 0 bridgehead atoms. The highest BCUT2D eigenvalue weighted by atomic mass is 19.3. The van der Waals surface area contributed by atoms with Crippen molar-refractivity contribution in [3.8, 4) is 11.1 Å². The number of pyridine rings is 2. The quantitative estimate of drug-likeness (QED) is 0.142. The fourth-order valence-corrected chi connectivity index (χ4v) is 8.08. The van der Waals surface area contributed by atoms with E-state index in [-0.39, 0.29) is 18.4 Å². The second kappa shape index (κ2) is 15.3. The summed E-state index contributed by atoms with van der Waals surface area (Å²) in [6.07, 6.45) is 7.79. The normalized spacial score (nSPS) is 18.7. The van der Waals surface area contributed by atoms with E-state index in [0.717, 1.165) is 43.5 Å². The topological polar surface area (TPSA) is 116 Å². The van der Waals surface area contributed by atoms with Crippen molar-refractivity contribution in [2.45, 2.75) is 44.7 Å². The molecule has 1 unspecified atom stereocenters. The maximum atomic E-state index is 15.5. The van der Waals surface area contributed by atoms with Gasteiger partial charge < -0.3 is 15.1 Å². The fraction of sp³-hybridized carbons (Fsp3) is 0.375. The highest BCUT2D eigenvalue weighted by Gasteiger charge is 2.30. The van der Waals surface area contributed by atoms with Gasteiger partial charge in [-0.15, -0.1) is 0 Å². The van der Waals surface area contributed by atoms with Gasteiger partial charge in [-0.25, -0.2) is 13.8 Å². The molecule has 6 heterocycles. The molecule has 15 heteroatoms. The van der Waals surface area contributed by atoms with E-state index in [1.807, 2.05) is 4.90 Å². The van der Waals surface area contributed by atoms with Gasteiger partial charge in [-0.3, -0.25) is 34.2 Å². The van der Waals surface area contributed by atoms with Crippen LogP contribution in [0.1, 0.15) is 49.0 Å². The van der Waals surface area contributed by atoms with Crippen LogP contribution in [0.3, 0.4) is 0 Å². The van der Waals surface area contributed by atoms with Crippen LogP contribution in [0, 0.1) is 17.6 Å². The number of fused-ring (bicyclic) bond motifs is 3. The number of carbonyl (C=O) groups is 3. The second-order valence-electron chi connectivity index (χ2n) is 14.5. The lowest BCUT2D eigenvalue weighted by Gasteiger charge is -2.38. The number of hydrogen-bond donors (Lipinski definition) is 2. The van der Waals surface area contributed by atoms with Crippen molar-refractivity contribution in [1.29, 1.82) is 0 Å². The van der Waals surface area contributed by atoms with Crippen molar-refractivity contribution in [3.05, 3.63) is 84.3 Å². The number of carbonyl (C=O) groups excluding carboxylic acids is 3. The Balaban J connectivity index is 0.810. The van der Waals surface area contributed by atoms with E-state index in [9.17, 15) is 23.2 Å². The first kappa shape index (κ1) is 36.4. The lowest BCUT2D eigenvalue weighted by molar-refractivity contribution is -0.134. The summed E-state index contributed by atoms with van der Waals surface area (Å²) in [5.74, 6) is -2.01. The van der Waals surface area contributed by atoms with Crippen LogP contribution in [0.4, 0.5) is 29.1 Å². The Morgan fingerprint density at radius 1 is 0.836 bits per heavy atom. The molecule has 3 aliphatic rings. The summed E-state index contributed by atoms with van der Waals surface area (Å²) in [4.78, 5) is 51.1. The van der Waals surface area contributed by atoms with Crippen LogP contribution in [-0.2, 0) is 9.59 Å². The van der Waals surface area contributed by atoms with Crippen molar-refractivity contribution in [2.75, 3.05) is 55.6 Å². The number of alkyl halides is 2. The van der Waals surface area contributed by atoms with Crippen molar-refractivity contribution in [2.24, 2.45) is 5.92 Å². The molecule has 1 atom stereocenters. The van der Waals surface area contributed by atoms with Crippen molar-refractivity contribution in [3.63, 3.8) is 0 Å². The summed E-state index contributed by atoms with van der Waals surface area (Å²) >= 11 is 0. The first-order valence-corrected chi connectivity index (χ1v) is 18.6. The molecule has 8 rings (SSSR count). The molecule has 11 nitrogen and oxygen atoms in total. The molecule has 3 aromatic heterocycles. The maximum Gasteiger partial charge on any atom is 0.319 e. The largest absolute Gasteiger partial charge is 0.369 e. The van der Waals surface area contributed by atoms with Gasteiger partial charge in [0.25, 0.3) is 5.91 Å². The van der Waals surface area contributed by atoms with Gasteiger partial charge in [0.2, 0.25) is 11.8 Å². The number of rotatable bonds is 9. The summed E-state index contributed by atoms with van der Waals surface area (Å²) in [6, 6.07) is 11.8. The van der Waals surface area contributed by atoms with Gasteiger partial charge in [-0.2, -0.15) is 8.78 Å². The van der Waals surface area contributed by atoms with E-state index in [1.165, 1.54) is 24.4 Å². The SMILES string of the molecule is O=C1CCC(NC(=O)c2ccc(N3CCN(CCC4CCN(c5ncc(-c6ccc7c8cnccc8n(C(F)F)c7c6)cc5F)CC4)CC3)cc2F)C(=O)N1. The molecule has 55 heavy (non-hydrogen) atoms. The Morgan fingerprint density at radius 3 is 2.36 bits per heavy atom. The zero-order chi connectivity index (χ0) is 38.2. The first-order valence-electron chi connectivity index (χ1n) is 18.6. The molecule has 0 spiro atoms. The number of amides is 3. The minimum Gasteiger partial charge on any atom is -0.369 e. The molecular formula is C40H40F4N8O3. The van der Waals surface area contributed by atoms with E-state index in [1.54, 1.807) is 42.7 Å². The van der Waals surface area contributed by atoms with Crippen LogP contribution < -0.4 is 20.4 Å². The molecule has 0 saturated carbocycles. The fourth-order valence-electron chi connectivity index (χ4n) is 8.08. The average Bonchev–Trinajstić information content (AvgIpc) is 3.52. The third-order valence-corrected chi connectivity index (χ3v) is 11.2. The molecule has 0 radical (unpaired) electrons.